The Labute approximate surface area is 136 Å². The van der Waals surface area contributed by atoms with E-state index in [1.807, 2.05) is 26.8 Å². The molecule has 0 radical (unpaired) electrons. The van der Waals surface area contributed by atoms with Gasteiger partial charge in [-0.3, -0.25) is 0 Å². The first kappa shape index (κ1) is 16.2. The summed E-state index contributed by atoms with van der Waals surface area (Å²) in [5, 5.41) is 7.42. The maximum atomic E-state index is 12.7. The average Bonchev–Trinajstić information content (AvgIpc) is 2.94. The van der Waals surface area contributed by atoms with E-state index < -0.39 is 17.3 Å². The van der Waals surface area contributed by atoms with Crippen molar-refractivity contribution in [1.82, 2.24) is 19.6 Å². The first-order chi connectivity index (χ1) is 11.2. The first-order valence-electron chi connectivity index (χ1n) is 7.30. The molecule has 0 aliphatic heterocycles. The van der Waals surface area contributed by atoms with Crippen molar-refractivity contribution >= 4 is 11.6 Å². The maximum absolute atomic E-state index is 12.7. The van der Waals surface area contributed by atoms with Gasteiger partial charge in [-0.2, -0.15) is 27.8 Å². The van der Waals surface area contributed by atoms with Crippen molar-refractivity contribution in [3.05, 3.63) is 53.5 Å². The molecule has 1 aromatic carbocycles. The molecule has 0 unspecified atom stereocenters. The van der Waals surface area contributed by atoms with Crippen molar-refractivity contribution in [1.29, 1.82) is 0 Å². The van der Waals surface area contributed by atoms with E-state index in [9.17, 15) is 13.2 Å². The van der Waals surface area contributed by atoms with E-state index in [4.69, 9.17) is 0 Å². The number of hydrogen-bond acceptors (Lipinski definition) is 4. The standard InChI is InChI=1S/C16H16F3N5/c1-10-8-13(24-14(22-10)20-9-21-24)23-15(2,3)11-4-6-12(7-5-11)16(17,18)19/h4-9,23H,1-3H3. The van der Waals surface area contributed by atoms with Gasteiger partial charge in [-0.25, -0.2) is 4.98 Å². The lowest BCUT2D eigenvalue weighted by Crippen LogP contribution is -2.29. The SMILES string of the molecule is Cc1cc(NC(C)(C)c2ccc(C(F)(F)F)cc2)n2ncnc2n1. The van der Waals surface area contributed by atoms with Crippen LogP contribution in [0, 0.1) is 6.92 Å². The Bertz CT molecular complexity index is 866. The molecule has 3 aromatic rings. The van der Waals surface area contributed by atoms with Crippen molar-refractivity contribution in [3.63, 3.8) is 0 Å². The second-order valence-corrected chi connectivity index (χ2v) is 6.08. The lowest BCUT2D eigenvalue weighted by Gasteiger charge is -2.28. The van der Waals surface area contributed by atoms with Gasteiger partial charge in [0.05, 0.1) is 11.1 Å². The van der Waals surface area contributed by atoms with Gasteiger partial charge >= 0.3 is 6.18 Å². The third-order valence-corrected chi connectivity index (χ3v) is 3.75. The number of nitrogens with zero attached hydrogens (tertiary/aromatic N) is 4. The van der Waals surface area contributed by atoms with Gasteiger partial charge in [-0.1, -0.05) is 12.1 Å². The van der Waals surface area contributed by atoms with Crippen molar-refractivity contribution < 1.29 is 13.2 Å². The van der Waals surface area contributed by atoms with Gasteiger partial charge in [-0.15, -0.1) is 0 Å². The molecule has 24 heavy (non-hydrogen) atoms. The predicted octanol–water partition coefficient (Wildman–Crippen LogP) is 3.80. The molecule has 0 aliphatic rings. The fourth-order valence-corrected chi connectivity index (χ4v) is 2.49. The van der Waals surface area contributed by atoms with Gasteiger partial charge in [0.25, 0.3) is 5.78 Å². The molecule has 3 rings (SSSR count). The molecular formula is C16H16F3N5. The molecular weight excluding hydrogens is 319 g/mol. The first-order valence-corrected chi connectivity index (χ1v) is 7.30. The van der Waals surface area contributed by atoms with Crippen LogP contribution in [0.5, 0.6) is 0 Å². The minimum absolute atomic E-state index is 0.459. The van der Waals surface area contributed by atoms with Crippen LogP contribution in [0.15, 0.2) is 36.7 Å². The second kappa shape index (κ2) is 5.47. The Kier molecular flexibility index (Phi) is 3.70. The quantitative estimate of drug-likeness (QED) is 0.791. The summed E-state index contributed by atoms with van der Waals surface area (Å²) in [7, 11) is 0. The van der Waals surface area contributed by atoms with Crippen LogP contribution in [-0.4, -0.2) is 19.6 Å². The minimum Gasteiger partial charge on any atom is -0.361 e. The Morgan fingerprint density at radius 2 is 1.67 bits per heavy atom. The highest BCUT2D eigenvalue weighted by atomic mass is 19.4. The average molecular weight is 335 g/mol. The van der Waals surface area contributed by atoms with E-state index in [0.29, 0.717) is 11.6 Å². The number of anilines is 1. The molecule has 0 bridgehead atoms. The Hall–Kier alpha value is -2.64. The lowest BCUT2D eigenvalue weighted by molar-refractivity contribution is -0.137. The third-order valence-electron chi connectivity index (χ3n) is 3.75. The highest BCUT2D eigenvalue weighted by Crippen LogP contribution is 2.32. The predicted molar refractivity (Wildman–Crippen MR) is 83.6 cm³/mol. The molecule has 126 valence electrons. The summed E-state index contributed by atoms with van der Waals surface area (Å²) in [5.41, 5.74) is 0.205. The van der Waals surface area contributed by atoms with Crippen LogP contribution in [-0.2, 0) is 11.7 Å². The van der Waals surface area contributed by atoms with E-state index in [1.165, 1.54) is 18.5 Å². The van der Waals surface area contributed by atoms with Crippen LogP contribution in [0.3, 0.4) is 0 Å². The Balaban J connectivity index is 1.94. The molecule has 0 amide bonds. The third kappa shape index (κ3) is 3.04. The van der Waals surface area contributed by atoms with Gasteiger partial charge in [-0.05, 0) is 38.5 Å². The number of nitrogens with one attached hydrogen (secondary N) is 1. The number of halogens is 3. The fourth-order valence-electron chi connectivity index (χ4n) is 2.49. The maximum Gasteiger partial charge on any atom is 0.416 e. The lowest BCUT2D eigenvalue weighted by atomic mass is 9.93. The highest BCUT2D eigenvalue weighted by Gasteiger charge is 2.31. The molecule has 0 atom stereocenters. The smallest absolute Gasteiger partial charge is 0.361 e. The topological polar surface area (TPSA) is 55.1 Å². The van der Waals surface area contributed by atoms with E-state index in [-0.39, 0.29) is 0 Å². The van der Waals surface area contributed by atoms with Crippen molar-refractivity contribution in [2.24, 2.45) is 0 Å². The summed E-state index contributed by atoms with van der Waals surface area (Å²) in [5.74, 6) is 1.13. The molecule has 0 saturated heterocycles. The minimum atomic E-state index is -4.34. The Morgan fingerprint density at radius 3 is 2.29 bits per heavy atom. The van der Waals surface area contributed by atoms with Gasteiger partial charge in [0.2, 0.25) is 0 Å². The molecule has 0 aliphatic carbocycles. The van der Waals surface area contributed by atoms with E-state index in [1.54, 1.807) is 4.52 Å². The van der Waals surface area contributed by atoms with Crippen LogP contribution >= 0.6 is 0 Å². The zero-order valence-electron chi connectivity index (χ0n) is 13.4. The highest BCUT2D eigenvalue weighted by molar-refractivity contribution is 5.48. The van der Waals surface area contributed by atoms with Crippen molar-refractivity contribution in [2.45, 2.75) is 32.5 Å². The fraction of sp³-hybridized carbons (Fsp3) is 0.312. The second-order valence-electron chi connectivity index (χ2n) is 6.08. The summed E-state index contributed by atoms with van der Waals surface area (Å²) >= 11 is 0. The summed E-state index contributed by atoms with van der Waals surface area (Å²) in [6, 6.07) is 6.93. The number of aromatic nitrogens is 4. The van der Waals surface area contributed by atoms with Crippen LogP contribution in [0.2, 0.25) is 0 Å². The molecule has 1 N–H and O–H groups in total. The molecule has 2 heterocycles. The normalized spacial score (nSPS) is 12.6. The van der Waals surface area contributed by atoms with E-state index in [0.717, 1.165) is 23.4 Å². The Morgan fingerprint density at radius 1 is 1.04 bits per heavy atom. The summed E-state index contributed by atoms with van der Waals surface area (Å²) in [6.07, 6.45) is -2.94. The summed E-state index contributed by atoms with van der Waals surface area (Å²) < 4.78 is 39.7. The molecule has 0 fully saturated rings. The van der Waals surface area contributed by atoms with Gasteiger partial charge in [0.1, 0.15) is 12.1 Å². The number of aryl methyl sites for hydroxylation is 1. The number of benzene rings is 1. The molecule has 2 aromatic heterocycles. The van der Waals surface area contributed by atoms with Crippen LogP contribution < -0.4 is 5.32 Å². The van der Waals surface area contributed by atoms with Gasteiger partial charge in [0.15, 0.2) is 0 Å². The molecule has 5 nitrogen and oxygen atoms in total. The number of rotatable bonds is 3. The van der Waals surface area contributed by atoms with E-state index >= 15 is 0 Å². The number of fused-ring (bicyclic) bond motifs is 1. The van der Waals surface area contributed by atoms with Crippen LogP contribution in [0.1, 0.15) is 30.7 Å². The number of hydrogen-bond donors (Lipinski definition) is 1. The van der Waals surface area contributed by atoms with Crippen LogP contribution in [0.25, 0.3) is 5.78 Å². The molecule has 8 heteroatoms. The van der Waals surface area contributed by atoms with Crippen molar-refractivity contribution in [2.75, 3.05) is 5.32 Å². The van der Waals surface area contributed by atoms with Crippen LogP contribution in [0.4, 0.5) is 19.0 Å². The van der Waals surface area contributed by atoms with Crippen molar-refractivity contribution in [3.8, 4) is 0 Å². The molecule has 0 spiro atoms. The largest absolute Gasteiger partial charge is 0.416 e. The summed E-state index contributed by atoms with van der Waals surface area (Å²) in [6.45, 7) is 5.60. The van der Waals surface area contributed by atoms with Gasteiger partial charge < -0.3 is 5.32 Å². The van der Waals surface area contributed by atoms with E-state index in [2.05, 4.69) is 20.4 Å². The van der Waals surface area contributed by atoms with Gasteiger partial charge in [0, 0.05) is 11.8 Å². The monoisotopic (exact) mass is 335 g/mol. The number of alkyl halides is 3. The zero-order chi connectivity index (χ0) is 17.5. The zero-order valence-corrected chi connectivity index (χ0v) is 13.4. The summed E-state index contributed by atoms with van der Waals surface area (Å²) in [4.78, 5) is 8.32. The molecule has 0 saturated carbocycles.